The molecule has 0 radical (unpaired) electrons. The molecule has 0 fully saturated rings. The summed E-state index contributed by atoms with van der Waals surface area (Å²) in [6.45, 7) is 1.77. The maximum absolute atomic E-state index is 12.5. The van der Waals surface area contributed by atoms with Crippen LogP contribution in [-0.4, -0.2) is 15.7 Å². The molecule has 0 aliphatic heterocycles. The van der Waals surface area contributed by atoms with E-state index in [2.05, 4.69) is 10.4 Å². The molecule has 3 rings (SSSR count). The average molecular weight is 342 g/mol. The Morgan fingerprint density at radius 1 is 1.21 bits per heavy atom. The molecule has 0 saturated heterocycles. The molecule has 5 nitrogen and oxygen atoms in total. The van der Waals surface area contributed by atoms with Crippen molar-refractivity contribution in [1.29, 1.82) is 0 Å². The first-order valence-electron chi connectivity index (χ1n) is 7.46. The predicted molar refractivity (Wildman–Crippen MR) is 93.5 cm³/mol. The third kappa shape index (κ3) is 3.75. The summed E-state index contributed by atoms with van der Waals surface area (Å²) < 4.78 is 7.42. The number of hydrogen-bond acceptors (Lipinski definition) is 3. The standard InChI is InChI=1S/C18H16ClN3O2/c1-13(22-11-5-10-20-22)18(23)21-16-12-14(19)8-9-17(16)24-15-6-3-2-4-7-15/h2-13H,1H3,(H,21,23). The number of rotatable bonds is 5. The quantitative estimate of drug-likeness (QED) is 0.741. The Hall–Kier alpha value is -2.79. The highest BCUT2D eigenvalue weighted by Gasteiger charge is 2.17. The lowest BCUT2D eigenvalue weighted by molar-refractivity contribution is -0.119. The lowest BCUT2D eigenvalue weighted by Gasteiger charge is -2.16. The van der Waals surface area contributed by atoms with Crippen molar-refractivity contribution < 1.29 is 9.53 Å². The molecule has 0 aliphatic rings. The van der Waals surface area contributed by atoms with Crippen molar-refractivity contribution in [1.82, 2.24) is 9.78 Å². The molecular formula is C18H16ClN3O2. The summed E-state index contributed by atoms with van der Waals surface area (Å²) in [7, 11) is 0. The van der Waals surface area contributed by atoms with Crippen LogP contribution >= 0.6 is 11.6 Å². The summed E-state index contributed by atoms with van der Waals surface area (Å²) in [5.41, 5.74) is 0.510. The molecule has 6 heteroatoms. The average Bonchev–Trinajstić information content (AvgIpc) is 3.12. The Kier molecular flexibility index (Phi) is 4.82. The SMILES string of the molecule is CC(C(=O)Nc1cc(Cl)ccc1Oc1ccccc1)n1cccn1. The zero-order chi connectivity index (χ0) is 16.9. The lowest BCUT2D eigenvalue weighted by atomic mass is 10.2. The number of carbonyl (C=O) groups is 1. The maximum atomic E-state index is 12.5. The van der Waals surface area contributed by atoms with Crippen LogP contribution < -0.4 is 10.1 Å². The van der Waals surface area contributed by atoms with E-state index in [0.29, 0.717) is 22.2 Å². The van der Waals surface area contributed by atoms with E-state index in [1.807, 2.05) is 30.3 Å². The van der Waals surface area contributed by atoms with E-state index in [4.69, 9.17) is 16.3 Å². The first-order chi connectivity index (χ1) is 11.6. The van der Waals surface area contributed by atoms with Crippen LogP contribution in [0.4, 0.5) is 5.69 Å². The lowest BCUT2D eigenvalue weighted by Crippen LogP contribution is -2.24. The third-order valence-corrected chi connectivity index (χ3v) is 3.71. The van der Waals surface area contributed by atoms with Gasteiger partial charge in [-0.15, -0.1) is 0 Å². The number of ether oxygens (including phenoxy) is 1. The topological polar surface area (TPSA) is 56.1 Å². The Balaban J connectivity index is 1.81. The normalized spacial score (nSPS) is 11.8. The smallest absolute Gasteiger partial charge is 0.249 e. The number of aromatic nitrogens is 2. The summed E-state index contributed by atoms with van der Waals surface area (Å²) in [6, 6.07) is 15.8. The van der Waals surface area contributed by atoms with Crippen molar-refractivity contribution in [2.75, 3.05) is 5.32 Å². The van der Waals surface area contributed by atoms with Gasteiger partial charge in [-0.25, -0.2) is 0 Å². The molecule has 1 amide bonds. The number of benzene rings is 2. The molecule has 3 aromatic rings. The Morgan fingerprint density at radius 3 is 2.71 bits per heavy atom. The van der Waals surface area contributed by atoms with Gasteiger partial charge in [0.05, 0.1) is 5.69 Å². The zero-order valence-electron chi connectivity index (χ0n) is 13.0. The van der Waals surface area contributed by atoms with E-state index in [0.717, 1.165) is 0 Å². The van der Waals surface area contributed by atoms with E-state index in [1.54, 1.807) is 48.3 Å². The number of amides is 1. The zero-order valence-corrected chi connectivity index (χ0v) is 13.8. The van der Waals surface area contributed by atoms with Gasteiger partial charge in [0.2, 0.25) is 5.91 Å². The number of anilines is 1. The largest absolute Gasteiger partial charge is 0.455 e. The van der Waals surface area contributed by atoms with Gasteiger partial charge < -0.3 is 10.1 Å². The molecule has 0 bridgehead atoms. The van der Waals surface area contributed by atoms with Crippen LogP contribution in [0.15, 0.2) is 67.0 Å². The summed E-state index contributed by atoms with van der Waals surface area (Å²) in [5, 5.41) is 7.45. The van der Waals surface area contributed by atoms with Crippen molar-refractivity contribution in [3.8, 4) is 11.5 Å². The van der Waals surface area contributed by atoms with E-state index in [1.165, 1.54) is 0 Å². The first-order valence-corrected chi connectivity index (χ1v) is 7.84. The number of hydrogen-bond donors (Lipinski definition) is 1. The van der Waals surface area contributed by atoms with Gasteiger partial charge in [-0.05, 0) is 43.3 Å². The molecule has 1 atom stereocenters. The molecule has 0 saturated carbocycles. The van der Waals surface area contributed by atoms with Crippen LogP contribution in [-0.2, 0) is 4.79 Å². The van der Waals surface area contributed by atoms with Crippen molar-refractivity contribution in [3.05, 3.63) is 72.0 Å². The molecule has 24 heavy (non-hydrogen) atoms. The highest BCUT2D eigenvalue weighted by atomic mass is 35.5. The number of nitrogens with zero attached hydrogens (tertiary/aromatic N) is 2. The number of para-hydroxylation sites is 1. The molecule has 1 unspecified atom stereocenters. The van der Waals surface area contributed by atoms with Gasteiger partial charge >= 0.3 is 0 Å². The number of halogens is 1. The minimum absolute atomic E-state index is 0.209. The van der Waals surface area contributed by atoms with Crippen LogP contribution in [0.2, 0.25) is 5.02 Å². The van der Waals surface area contributed by atoms with Crippen molar-refractivity contribution in [2.45, 2.75) is 13.0 Å². The van der Waals surface area contributed by atoms with Crippen molar-refractivity contribution in [2.24, 2.45) is 0 Å². The van der Waals surface area contributed by atoms with E-state index in [9.17, 15) is 4.79 Å². The second kappa shape index (κ2) is 7.19. The van der Waals surface area contributed by atoms with Gasteiger partial charge in [-0.2, -0.15) is 5.10 Å². The molecule has 1 aromatic heterocycles. The minimum atomic E-state index is -0.455. The van der Waals surface area contributed by atoms with Gasteiger partial charge in [0.15, 0.2) is 5.75 Å². The molecular weight excluding hydrogens is 326 g/mol. The summed E-state index contributed by atoms with van der Waals surface area (Å²) in [4.78, 5) is 12.5. The molecule has 1 N–H and O–H groups in total. The molecule has 1 heterocycles. The molecule has 122 valence electrons. The van der Waals surface area contributed by atoms with E-state index < -0.39 is 6.04 Å². The Bertz CT molecular complexity index is 820. The Morgan fingerprint density at radius 2 is 2.00 bits per heavy atom. The van der Waals surface area contributed by atoms with Gasteiger partial charge in [-0.1, -0.05) is 29.8 Å². The fourth-order valence-corrected chi connectivity index (χ4v) is 2.34. The van der Waals surface area contributed by atoms with Crippen LogP contribution in [0.25, 0.3) is 0 Å². The third-order valence-electron chi connectivity index (χ3n) is 3.47. The van der Waals surface area contributed by atoms with Gasteiger partial charge in [0.1, 0.15) is 11.8 Å². The molecule has 2 aromatic carbocycles. The van der Waals surface area contributed by atoms with Crippen LogP contribution in [0.1, 0.15) is 13.0 Å². The Labute approximate surface area is 144 Å². The second-order valence-corrected chi connectivity index (χ2v) is 5.64. The highest BCUT2D eigenvalue weighted by molar-refractivity contribution is 6.31. The van der Waals surface area contributed by atoms with Crippen LogP contribution in [0.3, 0.4) is 0 Å². The summed E-state index contributed by atoms with van der Waals surface area (Å²) in [5.74, 6) is 0.987. The first kappa shape index (κ1) is 16.1. The van der Waals surface area contributed by atoms with Crippen molar-refractivity contribution in [3.63, 3.8) is 0 Å². The van der Waals surface area contributed by atoms with E-state index >= 15 is 0 Å². The summed E-state index contributed by atoms with van der Waals surface area (Å²) in [6.07, 6.45) is 3.37. The molecule has 0 aliphatic carbocycles. The fraction of sp³-hybridized carbons (Fsp3) is 0.111. The minimum Gasteiger partial charge on any atom is -0.455 e. The fourth-order valence-electron chi connectivity index (χ4n) is 2.17. The van der Waals surface area contributed by atoms with Crippen molar-refractivity contribution >= 4 is 23.2 Å². The number of carbonyl (C=O) groups excluding carboxylic acids is 1. The predicted octanol–water partition coefficient (Wildman–Crippen LogP) is 4.53. The van der Waals surface area contributed by atoms with Gasteiger partial charge in [-0.3, -0.25) is 9.48 Å². The number of nitrogens with one attached hydrogen (secondary N) is 1. The molecule has 0 spiro atoms. The van der Waals surface area contributed by atoms with Gasteiger partial charge in [0, 0.05) is 17.4 Å². The second-order valence-electron chi connectivity index (χ2n) is 5.21. The maximum Gasteiger partial charge on any atom is 0.249 e. The highest BCUT2D eigenvalue weighted by Crippen LogP contribution is 2.32. The summed E-state index contributed by atoms with van der Waals surface area (Å²) >= 11 is 6.06. The van der Waals surface area contributed by atoms with E-state index in [-0.39, 0.29) is 5.91 Å². The van der Waals surface area contributed by atoms with Crippen LogP contribution in [0.5, 0.6) is 11.5 Å². The van der Waals surface area contributed by atoms with Gasteiger partial charge in [0.25, 0.3) is 0 Å². The van der Waals surface area contributed by atoms with Crippen LogP contribution in [0, 0.1) is 0 Å². The monoisotopic (exact) mass is 341 g/mol.